The van der Waals surface area contributed by atoms with Crippen LogP contribution in [0.3, 0.4) is 0 Å². The van der Waals surface area contributed by atoms with Crippen LogP contribution in [-0.2, 0) is 10.0 Å². The predicted octanol–water partition coefficient (Wildman–Crippen LogP) is 3.13. The minimum Gasteiger partial charge on any atom is -0.211 e. The number of sulfonamides is 1. The normalized spacial score (nSPS) is 24.3. The van der Waals surface area contributed by atoms with Gasteiger partial charge in [0.25, 0.3) is 0 Å². The van der Waals surface area contributed by atoms with Crippen LogP contribution in [0.4, 0.5) is 0 Å². The Morgan fingerprint density at radius 3 is 2.78 bits per heavy atom. The van der Waals surface area contributed by atoms with Gasteiger partial charge >= 0.3 is 0 Å². The van der Waals surface area contributed by atoms with E-state index in [1.807, 2.05) is 0 Å². The van der Waals surface area contributed by atoms with Crippen molar-refractivity contribution in [2.75, 3.05) is 6.54 Å². The van der Waals surface area contributed by atoms with E-state index in [4.69, 9.17) is 11.6 Å². The van der Waals surface area contributed by atoms with E-state index >= 15 is 0 Å². The van der Waals surface area contributed by atoms with Gasteiger partial charge in [-0.05, 0) is 37.0 Å². The fourth-order valence-corrected chi connectivity index (χ4v) is 4.22. The van der Waals surface area contributed by atoms with Crippen LogP contribution in [0.2, 0.25) is 0 Å². The molecule has 0 radical (unpaired) electrons. The summed E-state index contributed by atoms with van der Waals surface area (Å²) in [4.78, 5) is 0.279. The van der Waals surface area contributed by atoms with Gasteiger partial charge in [-0.25, -0.2) is 13.1 Å². The van der Waals surface area contributed by atoms with Crippen molar-refractivity contribution in [2.45, 2.75) is 29.5 Å². The van der Waals surface area contributed by atoms with E-state index in [1.54, 1.807) is 24.3 Å². The molecule has 1 aromatic rings. The third-order valence-corrected chi connectivity index (χ3v) is 5.70. The van der Waals surface area contributed by atoms with Gasteiger partial charge in [0.1, 0.15) is 0 Å². The average molecular weight is 353 g/mol. The standard InChI is InChI=1S/C12H15BrClNO2S/c13-10-4-2-5-11(7-10)18(16,17)15-8-9-3-1-6-12(9)14/h2,4-5,7,9,12,15H,1,3,6,8H2. The molecule has 2 atom stereocenters. The Hall–Kier alpha value is -0.100. The molecule has 2 unspecified atom stereocenters. The third-order valence-electron chi connectivity index (χ3n) is 3.21. The van der Waals surface area contributed by atoms with Crippen molar-refractivity contribution in [1.82, 2.24) is 4.72 Å². The van der Waals surface area contributed by atoms with Crippen LogP contribution in [0, 0.1) is 5.92 Å². The van der Waals surface area contributed by atoms with Gasteiger partial charge in [0, 0.05) is 16.4 Å². The maximum atomic E-state index is 12.1. The van der Waals surface area contributed by atoms with Crippen LogP contribution in [0.1, 0.15) is 19.3 Å². The van der Waals surface area contributed by atoms with E-state index < -0.39 is 10.0 Å². The maximum absolute atomic E-state index is 12.1. The quantitative estimate of drug-likeness (QED) is 0.846. The van der Waals surface area contributed by atoms with Crippen LogP contribution in [0.15, 0.2) is 33.6 Å². The van der Waals surface area contributed by atoms with Crippen LogP contribution < -0.4 is 4.72 Å². The van der Waals surface area contributed by atoms with E-state index in [2.05, 4.69) is 20.7 Å². The Bertz CT molecular complexity index is 521. The molecular formula is C12H15BrClNO2S. The molecule has 1 aliphatic rings. The van der Waals surface area contributed by atoms with Crippen LogP contribution >= 0.6 is 27.5 Å². The molecule has 100 valence electrons. The van der Waals surface area contributed by atoms with Crippen molar-refractivity contribution in [3.63, 3.8) is 0 Å². The molecule has 1 fully saturated rings. The number of nitrogens with one attached hydrogen (secondary N) is 1. The molecule has 0 aliphatic heterocycles. The van der Waals surface area contributed by atoms with E-state index in [9.17, 15) is 8.42 Å². The zero-order valence-corrected chi connectivity index (χ0v) is 12.9. The lowest BCUT2D eigenvalue weighted by Gasteiger charge is -2.14. The zero-order valence-electron chi connectivity index (χ0n) is 9.77. The topological polar surface area (TPSA) is 46.2 Å². The zero-order chi connectivity index (χ0) is 13.2. The summed E-state index contributed by atoms with van der Waals surface area (Å²) in [6, 6.07) is 6.68. The second-order valence-electron chi connectivity index (χ2n) is 4.52. The van der Waals surface area contributed by atoms with Gasteiger partial charge in [0.05, 0.1) is 4.90 Å². The highest BCUT2D eigenvalue weighted by molar-refractivity contribution is 9.10. The van der Waals surface area contributed by atoms with E-state index in [1.165, 1.54) is 0 Å². The van der Waals surface area contributed by atoms with Crippen LogP contribution in [0.25, 0.3) is 0 Å². The molecule has 2 rings (SSSR count). The van der Waals surface area contributed by atoms with Crippen molar-refractivity contribution in [3.05, 3.63) is 28.7 Å². The molecule has 0 aromatic heterocycles. The van der Waals surface area contributed by atoms with Crippen molar-refractivity contribution >= 4 is 37.6 Å². The highest BCUT2D eigenvalue weighted by atomic mass is 79.9. The van der Waals surface area contributed by atoms with Crippen LogP contribution in [0.5, 0.6) is 0 Å². The molecule has 0 heterocycles. The lowest BCUT2D eigenvalue weighted by Crippen LogP contribution is -2.31. The number of hydrogen-bond donors (Lipinski definition) is 1. The van der Waals surface area contributed by atoms with Crippen LogP contribution in [-0.4, -0.2) is 20.3 Å². The van der Waals surface area contributed by atoms with E-state index in [-0.39, 0.29) is 16.2 Å². The first-order chi connectivity index (χ1) is 8.49. The largest absolute Gasteiger partial charge is 0.240 e. The number of halogens is 2. The van der Waals surface area contributed by atoms with Gasteiger partial charge in [0.15, 0.2) is 0 Å². The molecule has 3 nitrogen and oxygen atoms in total. The first kappa shape index (κ1) is 14.3. The maximum Gasteiger partial charge on any atom is 0.240 e. The Balaban J connectivity index is 2.03. The molecule has 1 N–H and O–H groups in total. The second-order valence-corrected chi connectivity index (χ2v) is 7.76. The van der Waals surface area contributed by atoms with Gasteiger partial charge in [-0.1, -0.05) is 28.4 Å². The predicted molar refractivity (Wildman–Crippen MR) is 76.3 cm³/mol. The van der Waals surface area contributed by atoms with Crippen molar-refractivity contribution in [2.24, 2.45) is 5.92 Å². The second kappa shape index (κ2) is 5.90. The molecule has 1 aromatic carbocycles. The fourth-order valence-electron chi connectivity index (χ4n) is 2.16. The summed E-state index contributed by atoms with van der Waals surface area (Å²) in [5.74, 6) is 0.244. The number of benzene rings is 1. The molecule has 0 amide bonds. The molecule has 6 heteroatoms. The SMILES string of the molecule is O=S(=O)(NCC1CCCC1Cl)c1cccc(Br)c1. The van der Waals surface area contributed by atoms with Crippen molar-refractivity contribution in [1.29, 1.82) is 0 Å². The minimum absolute atomic E-state index is 0.0928. The molecule has 18 heavy (non-hydrogen) atoms. The highest BCUT2D eigenvalue weighted by Crippen LogP contribution is 2.29. The summed E-state index contributed by atoms with van der Waals surface area (Å²) in [6.07, 6.45) is 3.05. The number of rotatable bonds is 4. The van der Waals surface area contributed by atoms with Gasteiger partial charge in [-0.3, -0.25) is 0 Å². The summed E-state index contributed by atoms with van der Waals surface area (Å²) in [5, 5.41) is 0.0928. The molecular weight excluding hydrogens is 338 g/mol. The fraction of sp³-hybridized carbons (Fsp3) is 0.500. The van der Waals surface area contributed by atoms with E-state index in [0.717, 1.165) is 23.7 Å². The number of alkyl halides is 1. The summed E-state index contributed by atoms with van der Waals surface area (Å²) in [6.45, 7) is 0.420. The molecule has 1 saturated carbocycles. The van der Waals surface area contributed by atoms with Crippen molar-refractivity contribution in [3.8, 4) is 0 Å². The summed E-state index contributed by atoms with van der Waals surface area (Å²) >= 11 is 9.40. The molecule has 0 saturated heterocycles. The highest BCUT2D eigenvalue weighted by Gasteiger charge is 2.26. The lowest BCUT2D eigenvalue weighted by atomic mass is 10.1. The van der Waals surface area contributed by atoms with E-state index in [0.29, 0.717) is 6.54 Å². The van der Waals surface area contributed by atoms with Gasteiger partial charge < -0.3 is 0 Å². The third kappa shape index (κ3) is 3.47. The number of hydrogen-bond acceptors (Lipinski definition) is 2. The van der Waals surface area contributed by atoms with Gasteiger partial charge in [-0.2, -0.15) is 0 Å². The Morgan fingerprint density at radius 1 is 1.39 bits per heavy atom. The average Bonchev–Trinajstić information content (AvgIpc) is 2.72. The Kier molecular flexibility index (Phi) is 4.69. The Morgan fingerprint density at radius 2 is 2.17 bits per heavy atom. The first-order valence-corrected chi connectivity index (χ1v) is 8.59. The summed E-state index contributed by atoms with van der Waals surface area (Å²) in [5.41, 5.74) is 0. The van der Waals surface area contributed by atoms with Crippen molar-refractivity contribution < 1.29 is 8.42 Å². The molecule has 0 spiro atoms. The summed E-state index contributed by atoms with van der Waals surface area (Å²) in [7, 11) is -3.43. The first-order valence-electron chi connectivity index (χ1n) is 5.88. The van der Waals surface area contributed by atoms with Gasteiger partial charge in [0.2, 0.25) is 10.0 Å². The Labute approximate surface area is 121 Å². The molecule has 0 bridgehead atoms. The lowest BCUT2D eigenvalue weighted by molar-refractivity contribution is 0.523. The monoisotopic (exact) mass is 351 g/mol. The van der Waals surface area contributed by atoms with Gasteiger partial charge in [-0.15, -0.1) is 11.6 Å². The molecule has 1 aliphatic carbocycles. The summed E-state index contributed by atoms with van der Waals surface area (Å²) < 4.78 is 27.5. The minimum atomic E-state index is -3.43. The smallest absolute Gasteiger partial charge is 0.211 e.